The van der Waals surface area contributed by atoms with Crippen LogP contribution in [0, 0.1) is 0 Å². The van der Waals surface area contributed by atoms with Gasteiger partial charge in [0.25, 0.3) is 5.91 Å². The Hall–Kier alpha value is -2.57. The zero-order chi connectivity index (χ0) is 17.4. The summed E-state index contributed by atoms with van der Waals surface area (Å²) in [6.07, 6.45) is 10.1. The van der Waals surface area contributed by atoms with Gasteiger partial charge in [-0.05, 0) is 25.0 Å². The van der Waals surface area contributed by atoms with Crippen molar-refractivity contribution in [3.05, 3.63) is 36.3 Å². The minimum Gasteiger partial charge on any atom is -0.481 e. The molecule has 0 saturated carbocycles. The van der Waals surface area contributed by atoms with E-state index in [1.54, 1.807) is 10.9 Å². The highest BCUT2D eigenvalue weighted by Gasteiger charge is 2.16. The van der Waals surface area contributed by atoms with Crippen molar-refractivity contribution in [3.63, 3.8) is 0 Å². The molecule has 2 heterocycles. The second-order valence-corrected chi connectivity index (χ2v) is 5.76. The first kappa shape index (κ1) is 17.8. The smallest absolute Gasteiger partial charge is 0.303 e. The van der Waals surface area contributed by atoms with Crippen LogP contribution < -0.4 is 5.32 Å². The summed E-state index contributed by atoms with van der Waals surface area (Å²) in [7, 11) is 1.81. The number of carbonyl (C=O) groups is 2. The largest absolute Gasteiger partial charge is 0.481 e. The van der Waals surface area contributed by atoms with E-state index in [0.29, 0.717) is 12.1 Å². The Morgan fingerprint density at radius 1 is 1.12 bits per heavy atom. The summed E-state index contributed by atoms with van der Waals surface area (Å²) in [6.45, 7) is 0.609. The lowest BCUT2D eigenvalue weighted by Gasteiger charge is -2.08. The number of carboxylic acids is 1. The van der Waals surface area contributed by atoms with Gasteiger partial charge in [0, 0.05) is 32.4 Å². The van der Waals surface area contributed by atoms with Gasteiger partial charge in [0.05, 0.1) is 6.20 Å². The van der Waals surface area contributed by atoms with E-state index in [0.717, 1.165) is 37.9 Å². The van der Waals surface area contributed by atoms with E-state index < -0.39 is 5.97 Å². The first-order valence-electron chi connectivity index (χ1n) is 8.25. The molecule has 0 aliphatic heterocycles. The third-order valence-electron chi connectivity index (χ3n) is 3.85. The van der Waals surface area contributed by atoms with E-state index in [4.69, 9.17) is 5.11 Å². The molecular formula is C17H24N4O3. The molecule has 1 amide bonds. The number of rotatable bonds is 10. The van der Waals surface area contributed by atoms with Gasteiger partial charge < -0.3 is 15.0 Å². The SMILES string of the molecule is Cn1ncc(C(=O)NCCCCCCCC(=O)O)c1-n1cccc1. The van der Waals surface area contributed by atoms with Gasteiger partial charge in [0.2, 0.25) is 0 Å². The van der Waals surface area contributed by atoms with Gasteiger partial charge in [-0.15, -0.1) is 0 Å². The third-order valence-corrected chi connectivity index (χ3v) is 3.85. The van der Waals surface area contributed by atoms with Crippen LogP contribution in [0.4, 0.5) is 0 Å². The number of aromatic nitrogens is 3. The average Bonchev–Trinajstić information content (AvgIpc) is 3.18. The van der Waals surface area contributed by atoms with E-state index >= 15 is 0 Å². The summed E-state index contributed by atoms with van der Waals surface area (Å²) in [5.74, 6) is -0.124. The number of carboxylic acid groups (broad SMARTS) is 1. The number of aliphatic carboxylic acids is 1. The molecular weight excluding hydrogens is 308 g/mol. The zero-order valence-corrected chi connectivity index (χ0v) is 13.9. The van der Waals surface area contributed by atoms with Crippen LogP contribution in [0.2, 0.25) is 0 Å². The van der Waals surface area contributed by atoms with Crippen LogP contribution in [0.1, 0.15) is 48.9 Å². The number of nitrogens with zero attached hydrogens (tertiary/aromatic N) is 3. The fraction of sp³-hybridized carbons (Fsp3) is 0.471. The van der Waals surface area contributed by atoms with Crippen LogP contribution in [-0.4, -0.2) is 37.9 Å². The summed E-state index contributed by atoms with van der Waals surface area (Å²) in [5, 5.41) is 15.7. The molecule has 0 fully saturated rings. The lowest BCUT2D eigenvalue weighted by atomic mass is 10.1. The van der Waals surface area contributed by atoms with Gasteiger partial charge in [-0.1, -0.05) is 19.3 Å². The lowest BCUT2D eigenvalue weighted by molar-refractivity contribution is -0.137. The summed E-state index contributed by atoms with van der Waals surface area (Å²) < 4.78 is 3.54. The van der Waals surface area contributed by atoms with Crippen molar-refractivity contribution in [2.24, 2.45) is 7.05 Å². The van der Waals surface area contributed by atoms with Crippen molar-refractivity contribution < 1.29 is 14.7 Å². The highest BCUT2D eigenvalue weighted by molar-refractivity contribution is 5.97. The van der Waals surface area contributed by atoms with Gasteiger partial charge in [-0.3, -0.25) is 14.3 Å². The number of nitrogens with one attached hydrogen (secondary N) is 1. The molecule has 0 aliphatic carbocycles. The van der Waals surface area contributed by atoms with Crippen molar-refractivity contribution >= 4 is 11.9 Å². The molecule has 7 heteroatoms. The Kier molecular flexibility index (Phi) is 6.60. The number of unbranched alkanes of at least 4 members (excludes halogenated alkanes) is 4. The number of carbonyl (C=O) groups excluding carboxylic acids is 1. The number of hydrogen-bond donors (Lipinski definition) is 2. The summed E-state index contributed by atoms with van der Waals surface area (Å²) in [6, 6.07) is 3.80. The molecule has 0 aliphatic rings. The number of aryl methyl sites for hydroxylation is 1. The van der Waals surface area contributed by atoms with Gasteiger partial charge in [0.15, 0.2) is 0 Å². The van der Waals surface area contributed by atoms with Gasteiger partial charge in [-0.2, -0.15) is 5.10 Å². The second-order valence-electron chi connectivity index (χ2n) is 5.76. The topological polar surface area (TPSA) is 89.2 Å². The fourth-order valence-corrected chi connectivity index (χ4v) is 2.60. The van der Waals surface area contributed by atoms with Crippen LogP contribution in [0.3, 0.4) is 0 Å². The highest BCUT2D eigenvalue weighted by atomic mass is 16.4. The Labute approximate surface area is 141 Å². The van der Waals surface area contributed by atoms with Gasteiger partial charge >= 0.3 is 5.97 Å². The Morgan fingerprint density at radius 2 is 1.79 bits per heavy atom. The summed E-state index contributed by atoms with van der Waals surface area (Å²) in [4.78, 5) is 22.7. The molecule has 2 rings (SSSR count). The average molecular weight is 332 g/mol. The Bertz CT molecular complexity index is 661. The quantitative estimate of drug-likeness (QED) is 0.654. The predicted octanol–water partition coefficient (Wildman–Crippen LogP) is 2.37. The van der Waals surface area contributed by atoms with Gasteiger partial charge in [0.1, 0.15) is 11.4 Å². The molecule has 7 nitrogen and oxygen atoms in total. The molecule has 24 heavy (non-hydrogen) atoms. The summed E-state index contributed by atoms with van der Waals surface area (Å²) >= 11 is 0. The minimum absolute atomic E-state index is 0.127. The number of amides is 1. The van der Waals surface area contributed by atoms with E-state index in [2.05, 4.69) is 10.4 Å². The Morgan fingerprint density at radius 3 is 2.50 bits per heavy atom. The monoisotopic (exact) mass is 332 g/mol. The molecule has 0 saturated heterocycles. The normalized spacial score (nSPS) is 10.7. The van der Waals surface area contributed by atoms with E-state index in [9.17, 15) is 9.59 Å². The maximum Gasteiger partial charge on any atom is 0.303 e. The molecule has 0 spiro atoms. The molecule has 0 atom stereocenters. The van der Waals surface area contributed by atoms with Crippen LogP contribution in [0.25, 0.3) is 5.82 Å². The molecule has 130 valence electrons. The van der Waals surface area contributed by atoms with Crippen molar-refractivity contribution in [2.75, 3.05) is 6.54 Å². The molecule has 2 N–H and O–H groups in total. The van der Waals surface area contributed by atoms with Crippen molar-refractivity contribution in [1.29, 1.82) is 0 Å². The van der Waals surface area contributed by atoms with Crippen LogP contribution in [-0.2, 0) is 11.8 Å². The molecule has 0 unspecified atom stereocenters. The predicted molar refractivity (Wildman–Crippen MR) is 90.2 cm³/mol. The molecule has 0 bridgehead atoms. The number of hydrogen-bond acceptors (Lipinski definition) is 3. The maximum atomic E-state index is 12.3. The molecule has 2 aromatic heterocycles. The van der Waals surface area contributed by atoms with Crippen LogP contribution in [0.15, 0.2) is 30.7 Å². The first-order valence-corrected chi connectivity index (χ1v) is 8.25. The zero-order valence-electron chi connectivity index (χ0n) is 13.9. The maximum absolute atomic E-state index is 12.3. The van der Waals surface area contributed by atoms with E-state index in [1.165, 1.54) is 0 Å². The molecule has 0 aromatic carbocycles. The third kappa shape index (κ3) is 4.97. The highest BCUT2D eigenvalue weighted by Crippen LogP contribution is 2.13. The van der Waals surface area contributed by atoms with E-state index in [1.807, 2.05) is 36.1 Å². The first-order chi connectivity index (χ1) is 11.6. The Balaban J connectivity index is 1.73. The lowest BCUT2D eigenvalue weighted by Crippen LogP contribution is -2.25. The van der Waals surface area contributed by atoms with E-state index in [-0.39, 0.29) is 12.3 Å². The van der Waals surface area contributed by atoms with Crippen molar-refractivity contribution in [3.8, 4) is 5.82 Å². The minimum atomic E-state index is -0.739. The van der Waals surface area contributed by atoms with Crippen molar-refractivity contribution in [2.45, 2.75) is 38.5 Å². The fourth-order valence-electron chi connectivity index (χ4n) is 2.60. The van der Waals surface area contributed by atoms with Crippen molar-refractivity contribution in [1.82, 2.24) is 19.7 Å². The van der Waals surface area contributed by atoms with Crippen LogP contribution >= 0.6 is 0 Å². The second kappa shape index (κ2) is 8.90. The van der Waals surface area contributed by atoms with Crippen LogP contribution in [0.5, 0.6) is 0 Å². The standard InChI is InChI=1S/C17H24N4O3/c1-20-17(21-11-7-8-12-21)14(13-19-20)16(24)18-10-6-4-2-3-5-9-15(22)23/h7-8,11-13H,2-6,9-10H2,1H3,(H,18,24)(H,22,23). The molecule has 0 radical (unpaired) electrons. The molecule has 2 aromatic rings. The summed E-state index contributed by atoms with van der Waals surface area (Å²) in [5.41, 5.74) is 0.551. The van der Waals surface area contributed by atoms with Gasteiger partial charge in [-0.25, -0.2) is 0 Å².